The summed E-state index contributed by atoms with van der Waals surface area (Å²) in [7, 11) is -3.56. The maximum absolute atomic E-state index is 12.3. The van der Waals surface area contributed by atoms with Gasteiger partial charge in [0, 0.05) is 12.6 Å². The number of nitrogens with zero attached hydrogens (tertiary/aromatic N) is 2. The molecule has 1 atom stereocenters. The van der Waals surface area contributed by atoms with Crippen LogP contribution in [-0.2, 0) is 16.4 Å². The molecule has 0 spiro atoms. The molecule has 9 heteroatoms. The standard InChI is InChI=1S/C12H16N4O3S.ClH/c1-2-11-10-5-9(7-14-12(10)19-15-11)20(17,18)16-8-3-4-13-6-8;/h5,7-8,13,16H,2-4,6H2,1H3;1H. The van der Waals surface area contributed by atoms with E-state index in [1.165, 1.54) is 6.20 Å². The summed E-state index contributed by atoms with van der Waals surface area (Å²) in [4.78, 5) is 4.17. The van der Waals surface area contributed by atoms with Gasteiger partial charge in [-0.15, -0.1) is 12.4 Å². The first kappa shape index (κ1) is 16.2. The number of aromatic nitrogens is 2. The number of halogens is 1. The van der Waals surface area contributed by atoms with Crippen LogP contribution in [-0.4, -0.2) is 37.7 Å². The molecule has 116 valence electrons. The quantitative estimate of drug-likeness (QED) is 0.861. The van der Waals surface area contributed by atoms with Crippen LogP contribution in [0, 0.1) is 0 Å². The number of pyridine rings is 1. The highest BCUT2D eigenvalue weighted by molar-refractivity contribution is 7.89. The van der Waals surface area contributed by atoms with Crippen LogP contribution in [0.1, 0.15) is 19.0 Å². The lowest BCUT2D eigenvalue weighted by Gasteiger charge is -2.11. The maximum atomic E-state index is 12.3. The Hall–Kier alpha value is -1.22. The summed E-state index contributed by atoms with van der Waals surface area (Å²) < 4.78 is 32.4. The molecule has 3 rings (SSSR count). The van der Waals surface area contributed by atoms with Gasteiger partial charge >= 0.3 is 0 Å². The highest BCUT2D eigenvalue weighted by Gasteiger charge is 2.24. The van der Waals surface area contributed by atoms with Crippen LogP contribution in [0.4, 0.5) is 0 Å². The molecule has 3 heterocycles. The summed E-state index contributed by atoms with van der Waals surface area (Å²) in [5, 5.41) is 7.65. The van der Waals surface area contributed by atoms with E-state index in [2.05, 4.69) is 20.2 Å². The third-order valence-corrected chi connectivity index (χ3v) is 4.89. The number of fused-ring (bicyclic) bond motifs is 1. The Labute approximate surface area is 128 Å². The monoisotopic (exact) mass is 332 g/mol. The van der Waals surface area contributed by atoms with Crippen LogP contribution < -0.4 is 10.0 Å². The van der Waals surface area contributed by atoms with E-state index in [9.17, 15) is 8.42 Å². The summed E-state index contributed by atoms with van der Waals surface area (Å²) in [6.45, 7) is 3.42. The Bertz CT molecular complexity index is 725. The van der Waals surface area contributed by atoms with E-state index in [0.29, 0.717) is 29.8 Å². The van der Waals surface area contributed by atoms with Gasteiger partial charge in [0.25, 0.3) is 5.71 Å². The van der Waals surface area contributed by atoms with Crippen LogP contribution in [0.15, 0.2) is 21.7 Å². The first-order valence-corrected chi connectivity index (χ1v) is 8.06. The van der Waals surface area contributed by atoms with E-state index in [-0.39, 0.29) is 23.3 Å². The maximum Gasteiger partial charge on any atom is 0.258 e. The van der Waals surface area contributed by atoms with Crippen molar-refractivity contribution < 1.29 is 12.9 Å². The van der Waals surface area contributed by atoms with Gasteiger partial charge in [-0.05, 0) is 25.5 Å². The lowest BCUT2D eigenvalue weighted by atomic mass is 10.2. The van der Waals surface area contributed by atoms with E-state index in [0.717, 1.165) is 13.0 Å². The molecule has 1 saturated heterocycles. The summed E-state index contributed by atoms with van der Waals surface area (Å²) in [6, 6.07) is 1.51. The van der Waals surface area contributed by atoms with Crippen molar-refractivity contribution in [1.29, 1.82) is 0 Å². The highest BCUT2D eigenvalue weighted by Crippen LogP contribution is 2.20. The second kappa shape index (κ2) is 6.27. The minimum atomic E-state index is -3.56. The summed E-state index contributed by atoms with van der Waals surface area (Å²) in [5.74, 6) is 0. The number of hydrogen-bond donors (Lipinski definition) is 2. The van der Waals surface area contributed by atoms with E-state index in [1.54, 1.807) is 6.07 Å². The minimum Gasteiger partial charge on any atom is -0.336 e. The predicted octanol–water partition coefficient (Wildman–Crippen LogP) is 0.847. The van der Waals surface area contributed by atoms with Gasteiger partial charge in [-0.25, -0.2) is 18.1 Å². The number of rotatable bonds is 4. The Kier molecular flexibility index (Phi) is 4.82. The van der Waals surface area contributed by atoms with Crippen LogP contribution in [0.2, 0.25) is 0 Å². The molecule has 1 aliphatic heterocycles. The Morgan fingerprint density at radius 1 is 1.52 bits per heavy atom. The molecule has 0 aliphatic carbocycles. The summed E-state index contributed by atoms with van der Waals surface area (Å²) in [5.41, 5.74) is 1.08. The Morgan fingerprint density at radius 2 is 2.33 bits per heavy atom. The fourth-order valence-corrected chi connectivity index (χ4v) is 3.55. The average Bonchev–Trinajstić information content (AvgIpc) is 3.06. The SMILES string of the molecule is CCc1noc2ncc(S(=O)(=O)NC3CCNC3)cc12.Cl. The lowest BCUT2D eigenvalue weighted by molar-refractivity contribution is 0.439. The molecule has 7 nitrogen and oxygen atoms in total. The fourth-order valence-electron chi connectivity index (χ4n) is 2.30. The average molecular weight is 333 g/mol. The van der Waals surface area contributed by atoms with Crippen molar-refractivity contribution in [3.05, 3.63) is 18.0 Å². The van der Waals surface area contributed by atoms with Gasteiger partial charge in [-0.2, -0.15) is 0 Å². The van der Waals surface area contributed by atoms with E-state index < -0.39 is 10.0 Å². The van der Waals surface area contributed by atoms with Gasteiger partial charge in [0.15, 0.2) is 0 Å². The molecule has 0 bridgehead atoms. The van der Waals surface area contributed by atoms with Gasteiger partial charge in [0.1, 0.15) is 4.90 Å². The van der Waals surface area contributed by atoms with Crippen molar-refractivity contribution in [3.8, 4) is 0 Å². The molecule has 21 heavy (non-hydrogen) atoms. The zero-order valence-electron chi connectivity index (χ0n) is 11.5. The van der Waals surface area contributed by atoms with Crippen LogP contribution in [0.5, 0.6) is 0 Å². The van der Waals surface area contributed by atoms with Crippen LogP contribution >= 0.6 is 12.4 Å². The molecular formula is C12H17ClN4O3S. The largest absolute Gasteiger partial charge is 0.336 e. The van der Waals surface area contributed by atoms with Crippen molar-refractivity contribution in [2.75, 3.05) is 13.1 Å². The van der Waals surface area contributed by atoms with Crippen molar-refractivity contribution in [2.24, 2.45) is 0 Å². The van der Waals surface area contributed by atoms with Crippen molar-refractivity contribution in [2.45, 2.75) is 30.7 Å². The topological polar surface area (TPSA) is 97.1 Å². The zero-order chi connectivity index (χ0) is 14.2. The fraction of sp³-hybridized carbons (Fsp3) is 0.500. The molecule has 1 unspecified atom stereocenters. The minimum absolute atomic E-state index is 0. The summed E-state index contributed by atoms with van der Waals surface area (Å²) >= 11 is 0. The Morgan fingerprint density at radius 3 is 3.00 bits per heavy atom. The van der Waals surface area contributed by atoms with E-state index >= 15 is 0 Å². The normalized spacial score (nSPS) is 18.8. The molecule has 0 amide bonds. The van der Waals surface area contributed by atoms with Crippen molar-refractivity contribution in [1.82, 2.24) is 20.2 Å². The first-order chi connectivity index (χ1) is 9.60. The lowest BCUT2D eigenvalue weighted by Crippen LogP contribution is -2.36. The van der Waals surface area contributed by atoms with E-state index in [4.69, 9.17) is 4.52 Å². The first-order valence-electron chi connectivity index (χ1n) is 6.57. The van der Waals surface area contributed by atoms with Gasteiger partial charge in [-0.3, -0.25) is 0 Å². The Balaban J connectivity index is 0.00000161. The molecule has 2 aromatic rings. The molecule has 2 N–H and O–H groups in total. The number of sulfonamides is 1. The smallest absolute Gasteiger partial charge is 0.258 e. The second-order valence-corrected chi connectivity index (χ2v) is 6.53. The number of aryl methyl sites for hydroxylation is 1. The molecule has 0 radical (unpaired) electrons. The summed E-state index contributed by atoms with van der Waals surface area (Å²) in [6.07, 6.45) is 2.76. The van der Waals surface area contributed by atoms with Gasteiger partial charge in [-0.1, -0.05) is 12.1 Å². The third kappa shape index (κ3) is 3.18. The van der Waals surface area contributed by atoms with Gasteiger partial charge < -0.3 is 9.84 Å². The van der Waals surface area contributed by atoms with Crippen molar-refractivity contribution in [3.63, 3.8) is 0 Å². The molecule has 1 fully saturated rings. The van der Waals surface area contributed by atoms with Crippen LogP contribution in [0.25, 0.3) is 11.1 Å². The van der Waals surface area contributed by atoms with E-state index in [1.807, 2.05) is 6.92 Å². The molecule has 1 aliphatic rings. The second-order valence-electron chi connectivity index (χ2n) is 4.82. The molecule has 2 aromatic heterocycles. The van der Waals surface area contributed by atoms with Crippen LogP contribution in [0.3, 0.4) is 0 Å². The highest BCUT2D eigenvalue weighted by atomic mass is 35.5. The molecular weight excluding hydrogens is 316 g/mol. The van der Waals surface area contributed by atoms with Crippen molar-refractivity contribution >= 4 is 33.5 Å². The molecule has 0 aromatic carbocycles. The molecule has 0 saturated carbocycles. The van der Waals surface area contributed by atoms with Gasteiger partial charge in [0.05, 0.1) is 17.3 Å². The predicted molar refractivity (Wildman–Crippen MR) is 80.0 cm³/mol. The number of hydrogen-bond acceptors (Lipinski definition) is 6. The third-order valence-electron chi connectivity index (χ3n) is 3.41. The van der Waals surface area contributed by atoms with Gasteiger partial charge in [0.2, 0.25) is 10.0 Å². The zero-order valence-corrected chi connectivity index (χ0v) is 13.1. The number of nitrogens with one attached hydrogen (secondary N) is 2.